The maximum Gasteiger partial charge on any atom is 0.182 e. The zero-order chi connectivity index (χ0) is 6.57. The average molecular weight is 115 g/mol. The molecular formula is C6H13NO. The number of rotatable bonds is 2. The fraction of sp³-hybridized carbons (Fsp3) is 0.833. The highest BCUT2D eigenvalue weighted by molar-refractivity contribution is 5.74. The van der Waals surface area contributed by atoms with Crippen molar-refractivity contribution in [3.63, 3.8) is 0 Å². The van der Waals surface area contributed by atoms with Crippen LogP contribution in [0.25, 0.3) is 0 Å². The Bertz CT molecular complexity index is 80.6. The van der Waals surface area contributed by atoms with Gasteiger partial charge in [-0.15, -0.1) is 0 Å². The molecule has 0 aromatic carbocycles. The number of hydrogen-bond donors (Lipinski definition) is 1. The quantitative estimate of drug-likeness (QED) is 0.431. The summed E-state index contributed by atoms with van der Waals surface area (Å²) in [6.07, 6.45) is 0.979. The molecule has 0 rings (SSSR count). The molecule has 0 unspecified atom stereocenters. The predicted molar refractivity (Wildman–Crippen MR) is 34.2 cm³/mol. The molecule has 0 spiro atoms. The maximum absolute atomic E-state index is 7.12. The molecule has 0 radical (unpaired) electrons. The third kappa shape index (κ3) is 1.96. The van der Waals surface area contributed by atoms with Gasteiger partial charge in [0.25, 0.3) is 0 Å². The second-order valence-electron chi connectivity index (χ2n) is 1.88. The fourth-order valence-electron chi connectivity index (χ4n) is 0.387. The van der Waals surface area contributed by atoms with Gasteiger partial charge in [-0.05, 0) is 6.42 Å². The Morgan fingerprint density at radius 1 is 1.75 bits per heavy atom. The molecule has 0 amide bonds. The van der Waals surface area contributed by atoms with Crippen molar-refractivity contribution < 1.29 is 4.74 Å². The van der Waals surface area contributed by atoms with Crippen LogP contribution in [0.1, 0.15) is 20.3 Å². The van der Waals surface area contributed by atoms with Crippen LogP contribution in [0.15, 0.2) is 0 Å². The molecule has 0 heterocycles. The monoisotopic (exact) mass is 115 g/mol. The number of methoxy groups -OCH3 is 1. The van der Waals surface area contributed by atoms with Crippen LogP contribution < -0.4 is 0 Å². The van der Waals surface area contributed by atoms with Crippen LogP contribution in [0.5, 0.6) is 0 Å². The summed E-state index contributed by atoms with van der Waals surface area (Å²) in [5.74, 6) is 0.660. The first-order valence-corrected chi connectivity index (χ1v) is 2.84. The molecule has 0 aromatic heterocycles. The summed E-state index contributed by atoms with van der Waals surface area (Å²) in [7, 11) is 1.54. The van der Waals surface area contributed by atoms with Crippen LogP contribution >= 0.6 is 0 Å². The van der Waals surface area contributed by atoms with Gasteiger partial charge in [0.1, 0.15) is 0 Å². The standard InChI is InChI=1S/C6H13NO/c1-4-5(2)6(7)8-3/h5,7H,4H2,1-3H3/t5-/m1/s1. The first-order chi connectivity index (χ1) is 3.72. The van der Waals surface area contributed by atoms with Crippen LogP contribution in [-0.4, -0.2) is 13.0 Å². The SMILES string of the molecule is CC[C@@H](C)C(=N)OC. The Kier molecular flexibility index (Phi) is 3.24. The largest absolute Gasteiger partial charge is 0.484 e. The summed E-state index contributed by atoms with van der Waals surface area (Å²) in [5.41, 5.74) is 0. The zero-order valence-electron chi connectivity index (χ0n) is 5.69. The Labute approximate surface area is 50.4 Å². The molecule has 0 bridgehead atoms. The molecule has 0 saturated heterocycles. The van der Waals surface area contributed by atoms with Gasteiger partial charge in [0.05, 0.1) is 7.11 Å². The summed E-state index contributed by atoms with van der Waals surface area (Å²) in [5, 5.41) is 7.12. The lowest BCUT2D eigenvalue weighted by atomic mass is 10.1. The molecule has 2 heteroatoms. The lowest BCUT2D eigenvalue weighted by molar-refractivity contribution is 0.363. The van der Waals surface area contributed by atoms with Gasteiger partial charge >= 0.3 is 0 Å². The van der Waals surface area contributed by atoms with Gasteiger partial charge in [-0.25, -0.2) is 0 Å². The van der Waals surface area contributed by atoms with Crippen molar-refractivity contribution >= 4 is 5.90 Å². The van der Waals surface area contributed by atoms with Crippen molar-refractivity contribution in [2.75, 3.05) is 7.11 Å². The molecule has 0 aliphatic heterocycles. The molecule has 0 saturated carbocycles. The lowest BCUT2D eigenvalue weighted by Gasteiger charge is -2.06. The van der Waals surface area contributed by atoms with Gasteiger partial charge in [0, 0.05) is 5.92 Å². The van der Waals surface area contributed by atoms with Gasteiger partial charge < -0.3 is 4.74 Å². The molecule has 2 nitrogen and oxygen atoms in total. The summed E-state index contributed by atoms with van der Waals surface area (Å²) < 4.78 is 4.69. The van der Waals surface area contributed by atoms with E-state index in [-0.39, 0.29) is 5.92 Å². The lowest BCUT2D eigenvalue weighted by Crippen LogP contribution is -2.09. The van der Waals surface area contributed by atoms with E-state index in [1.807, 2.05) is 13.8 Å². The highest BCUT2D eigenvalue weighted by atomic mass is 16.5. The van der Waals surface area contributed by atoms with Crippen LogP contribution in [0.2, 0.25) is 0 Å². The van der Waals surface area contributed by atoms with E-state index in [9.17, 15) is 0 Å². The van der Waals surface area contributed by atoms with E-state index in [0.29, 0.717) is 5.90 Å². The summed E-state index contributed by atoms with van der Waals surface area (Å²) >= 11 is 0. The minimum Gasteiger partial charge on any atom is -0.484 e. The molecular weight excluding hydrogens is 102 g/mol. The van der Waals surface area contributed by atoms with E-state index in [0.717, 1.165) is 6.42 Å². The summed E-state index contributed by atoms with van der Waals surface area (Å²) in [6.45, 7) is 4.02. The van der Waals surface area contributed by atoms with Gasteiger partial charge in [0.15, 0.2) is 5.90 Å². The first-order valence-electron chi connectivity index (χ1n) is 2.84. The third-order valence-corrected chi connectivity index (χ3v) is 1.28. The Hall–Kier alpha value is -0.530. The first kappa shape index (κ1) is 7.47. The van der Waals surface area contributed by atoms with Gasteiger partial charge in [-0.2, -0.15) is 0 Å². The van der Waals surface area contributed by atoms with Crippen molar-refractivity contribution in [2.24, 2.45) is 5.92 Å². The number of ether oxygens (including phenoxy) is 1. The van der Waals surface area contributed by atoms with Gasteiger partial charge in [-0.3, -0.25) is 5.41 Å². The molecule has 0 aliphatic carbocycles. The van der Waals surface area contributed by atoms with Crippen LogP contribution in [-0.2, 0) is 4.74 Å². The van der Waals surface area contributed by atoms with E-state index in [1.165, 1.54) is 7.11 Å². The maximum atomic E-state index is 7.12. The molecule has 1 N–H and O–H groups in total. The highest BCUT2D eigenvalue weighted by Gasteiger charge is 2.03. The van der Waals surface area contributed by atoms with E-state index < -0.39 is 0 Å². The van der Waals surface area contributed by atoms with E-state index in [1.54, 1.807) is 0 Å². The normalized spacial score (nSPS) is 12.9. The van der Waals surface area contributed by atoms with Crippen LogP contribution in [0.4, 0.5) is 0 Å². The van der Waals surface area contributed by atoms with Crippen molar-refractivity contribution in [1.82, 2.24) is 0 Å². The van der Waals surface area contributed by atoms with Crippen molar-refractivity contribution in [3.05, 3.63) is 0 Å². The summed E-state index contributed by atoms with van der Waals surface area (Å²) in [4.78, 5) is 0. The third-order valence-electron chi connectivity index (χ3n) is 1.28. The van der Waals surface area contributed by atoms with Crippen LogP contribution in [0.3, 0.4) is 0 Å². The highest BCUT2D eigenvalue weighted by Crippen LogP contribution is 2.01. The Morgan fingerprint density at radius 3 is 2.38 bits per heavy atom. The Balaban J connectivity index is 3.46. The fourth-order valence-corrected chi connectivity index (χ4v) is 0.387. The van der Waals surface area contributed by atoms with Gasteiger partial charge in [0.2, 0.25) is 0 Å². The number of hydrogen-bond acceptors (Lipinski definition) is 2. The van der Waals surface area contributed by atoms with Crippen molar-refractivity contribution in [3.8, 4) is 0 Å². The second kappa shape index (κ2) is 3.47. The van der Waals surface area contributed by atoms with Gasteiger partial charge in [-0.1, -0.05) is 13.8 Å². The minimum absolute atomic E-state index is 0.278. The molecule has 8 heavy (non-hydrogen) atoms. The predicted octanol–water partition coefficient (Wildman–Crippen LogP) is 1.66. The molecule has 1 atom stereocenters. The van der Waals surface area contributed by atoms with Crippen LogP contribution in [0, 0.1) is 11.3 Å². The topological polar surface area (TPSA) is 33.1 Å². The second-order valence-corrected chi connectivity index (χ2v) is 1.88. The van der Waals surface area contributed by atoms with Crippen molar-refractivity contribution in [2.45, 2.75) is 20.3 Å². The van der Waals surface area contributed by atoms with E-state index >= 15 is 0 Å². The number of nitrogens with one attached hydrogen (secondary N) is 1. The molecule has 48 valence electrons. The molecule has 0 aromatic rings. The van der Waals surface area contributed by atoms with E-state index in [4.69, 9.17) is 5.41 Å². The summed E-state index contributed by atoms with van der Waals surface area (Å²) in [6, 6.07) is 0. The average Bonchev–Trinajstić information content (AvgIpc) is 1.84. The smallest absolute Gasteiger partial charge is 0.182 e. The van der Waals surface area contributed by atoms with E-state index in [2.05, 4.69) is 4.74 Å². The van der Waals surface area contributed by atoms with Crippen molar-refractivity contribution in [1.29, 1.82) is 5.41 Å². The minimum atomic E-state index is 0.278. The Morgan fingerprint density at radius 2 is 2.25 bits per heavy atom. The zero-order valence-corrected chi connectivity index (χ0v) is 5.69. The molecule has 0 fully saturated rings. The molecule has 0 aliphatic rings.